The number of nitrogen functional groups attached to an aromatic ring is 1. The number of anilines is 2. The molecule has 0 saturated carbocycles. The van der Waals surface area contributed by atoms with Crippen LogP contribution in [0.5, 0.6) is 0 Å². The second-order valence-corrected chi connectivity index (χ2v) is 8.12. The minimum absolute atomic E-state index is 0.0905. The highest BCUT2D eigenvalue weighted by atomic mass is 16.2. The van der Waals surface area contributed by atoms with Gasteiger partial charge in [-0.15, -0.1) is 5.10 Å². The number of aliphatic hydroxyl groups is 1. The molecule has 3 heterocycles. The Hall–Kier alpha value is -4.88. The predicted octanol–water partition coefficient (Wildman–Crippen LogP) is 1.90. The van der Waals surface area contributed by atoms with Gasteiger partial charge in [-0.05, 0) is 37.3 Å². The fourth-order valence-corrected chi connectivity index (χ4v) is 4.20. The van der Waals surface area contributed by atoms with Crippen molar-refractivity contribution in [1.82, 2.24) is 24.6 Å². The lowest BCUT2D eigenvalue weighted by molar-refractivity contribution is 0.0939. The highest BCUT2D eigenvalue weighted by Gasteiger charge is 2.26. The van der Waals surface area contributed by atoms with Gasteiger partial charge < -0.3 is 21.5 Å². The molecule has 2 aromatic heterocycles. The first kappa shape index (κ1) is 22.9. The Labute approximate surface area is 206 Å². The number of hydrogen-bond acceptors (Lipinski definition) is 7. The van der Waals surface area contributed by atoms with Crippen LogP contribution >= 0.6 is 0 Å². The Morgan fingerprint density at radius 1 is 1.25 bits per heavy atom. The number of nitrogens with zero attached hydrogens (tertiary/aromatic N) is 4. The molecule has 0 saturated heterocycles. The van der Waals surface area contributed by atoms with Crippen LogP contribution in [0.2, 0.25) is 0 Å². The quantitative estimate of drug-likeness (QED) is 0.326. The summed E-state index contributed by atoms with van der Waals surface area (Å²) in [4.78, 5) is 31.9. The Morgan fingerprint density at radius 3 is 2.83 bits per heavy atom. The number of nitrogens with one attached hydrogen (secondary N) is 2. The fraction of sp³-hybridized carbons (Fsp3) is 0.154. The van der Waals surface area contributed by atoms with Crippen molar-refractivity contribution in [1.29, 1.82) is 0 Å². The summed E-state index contributed by atoms with van der Waals surface area (Å²) in [5, 5.41) is 19.7. The minimum atomic E-state index is -0.670. The molecule has 10 nitrogen and oxygen atoms in total. The van der Waals surface area contributed by atoms with Gasteiger partial charge in [0.1, 0.15) is 23.8 Å². The molecule has 36 heavy (non-hydrogen) atoms. The molecule has 5 rings (SSSR count). The van der Waals surface area contributed by atoms with E-state index in [0.717, 1.165) is 0 Å². The summed E-state index contributed by atoms with van der Waals surface area (Å²) >= 11 is 0. The van der Waals surface area contributed by atoms with E-state index < -0.39 is 11.9 Å². The SMILES string of the molecule is CC(NC(=O)c1c(N)nn2c1NCC=C2)c1nc2cccc(C#CCO)c2c(=O)n1-c1ccccc1. The smallest absolute Gasteiger partial charge is 0.267 e. The molecular formula is C26H23N7O3. The van der Waals surface area contributed by atoms with Crippen LogP contribution in [-0.4, -0.2) is 43.5 Å². The molecule has 0 spiro atoms. The summed E-state index contributed by atoms with van der Waals surface area (Å²) in [5.41, 5.74) is 7.42. The van der Waals surface area contributed by atoms with Crippen molar-refractivity contribution in [3.05, 3.63) is 81.9 Å². The van der Waals surface area contributed by atoms with E-state index in [1.807, 2.05) is 24.3 Å². The molecule has 0 bridgehead atoms. The van der Waals surface area contributed by atoms with E-state index in [1.54, 1.807) is 43.5 Å². The zero-order chi connectivity index (χ0) is 25.2. The second-order valence-electron chi connectivity index (χ2n) is 8.12. The van der Waals surface area contributed by atoms with Crippen LogP contribution in [0.25, 0.3) is 22.8 Å². The van der Waals surface area contributed by atoms with Crippen molar-refractivity contribution in [2.45, 2.75) is 13.0 Å². The van der Waals surface area contributed by atoms with Gasteiger partial charge in [0.25, 0.3) is 11.5 Å². The van der Waals surface area contributed by atoms with Gasteiger partial charge in [-0.3, -0.25) is 14.2 Å². The number of carbonyl (C=O) groups excluding carboxylic acids is 1. The van der Waals surface area contributed by atoms with Crippen molar-refractivity contribution in [3.8, 4) is 17.5 Å². The maximum Gasteiger partial charge on any atom is 0.267 e. The van der Waals surface area contributed by atoms with E-state index in [4.69, 9.17) is 15.8 Å². The van der Waals surface area contributed by atoms with Crippen LogP contribution in [0, 0.1) is 11.8 Å². The van der Waals surface area contributed by atoms with Gasteiger partial charge >= 0.3 is 0 Å². The molecule has 0 radical (unpaired) electrons. The summed E-state index contributed by atoms with van der Waals surface area (Å²) in [6, 6.07) is 13.6. The summed E-state index contributed by atoms with van der Waals surface area (Å²) in [6.07, 6.45) is 3.60. The van der Waals surface area contributed by atoms with E-state index >= 15 is 0 Å². The molecule has 1 atom stereocenters. The number of para-hydroxylation sites is 1. The van der Waals surface area contributed by atoms with E-state index in [9.17, 15) is 9.59 Å². The van der Waals surface area contributed by atoms with Gasteiger partial charge in [0.2, 0.25) is 0 Å². The van der Waals surface area contributed by atoms with E-state index in [-0.39, 0.29) is 23.5 Å². The zero-order valence-electron chi connectivity index (χ0n) is 19.4. The summed E-state index contributed by atoms with van der Waals surface area (Å²) < 4.78 is 2.98. The van der Waals surface area contributed by atoms with E-state index in [1.165, 1.54) is 9.25 Å². The van der Waals surface area contributed by atoms with Gasteiger partial charge in [0, 0.05) is 18.3 Å². The van der Waals surface area contributed by atoms with Crippen LogP contribution < -0.4 is 21.9 Å². The third-order valence-electron chi connectivity index (χ3n) is 5.77. The van der Waals surface area contributed by atoms with Crippen LogP contribution in [0.1, 0.15) is 34.7 Å². The van der Waals surface area contributed by atoms with Crippen molar-refractivity contribution in [2.75, 3.05) is 24.2 Å². The maximum absolute atomic E-state index is 13.8. The predicted molar refractivity (Wildman–Crippen MR) is 138 cm³/mol. The molecule has 4 aromatic rings. The van der Waals surface area contributed by atoms with Crippen LogP contribution in [0.3, 0.4) is 0 Å². The number of nitrogens with two attached hydrogens (primary N) is 1. The number of hydrogen-bond donors (Lipinski definition) is 4. The highest BCUT2D eigenvalue weighted by Crippen LogP contribution is 2.26. The van der Waals surface area contributed by atoms with Crippen molar-refractivity contribution in [3.63, 3.8) is 0 Å². The summed E-state index contributed by atoms with van der Waals surface area (Å²) in [6.45, 7) is 1.96. The second kappa shape index (κ2) is 9.40. The van der Waals surface area contributed by atoms with Crippen LogP contribution in [0.15, 0.2) is 59.4 Å². The topological polar surface area (TPSA) is 140 Å². The molecule has 10 heteroatoms. The van der Waals surface area contributed by atoms with E-state index in [2.05, 4.69) is 27.6 Å². The first-order chi connectivity index (χ1) is 17.5. The van der Waals surface area contributed by atoms with Gasteiger partial charge in [-0.1, -0.05) is 36.1 Å². The maximum atomic E-state index is 13.8. The number of amides is 1. The first-order valence-electron chi connectivity index (χ1n) is 11.3. The highest BCUT2D eigenvalue weighted by molar-refractivity contribution is 6.04. The molecule has 1 amide bonds. The first-order valence-corrected chi connectivity index (χ1v) is 11.3. The summed E-state index contributed by atoms with van der Waals surface area (Å²) in [5.74, 6) is 5.91. The molecule has 180 valence electrons. The van der Waals surface area contributed by atoms with E-state index in [0.29, 0.717) is 40.3 Å². The molecule has 0 aliphatic carbocycles. The number of fused-ring (bicyclic) bond motifs is 2. The largest absolute Gasteiger partial charge is 0.384 e. The van der Waals surface area contributed by atoms with Gasteiger partial charge in [-0.25, -0.2) is 9.67 Å². The van der Waals surface area contributed by atoms with Crippen molar-refractivity contribution in [2.24, 2.45) is 0 Å². The Balaban J connectivity index is 1.63. The number of rotatable bonds is 4. The van der Waals surface area contributed by atoms with Crippen LogP contribution in [0.4, 0.5) is 11.6 Å². The van der Waals surface area contributed by atoms with Crippen molar-refractivity contribution < 1.29 is 9.90 Å². The molecule has 2 aromatic carbocycles. The number of aromatic nitrogens is 4. The molecule has 0 fully saturated rings. The zero-order valence-corrected chi connectivity index (χ0v) is 19.4. The monoisotopic (exact) mass is 481 g/mol. The Morgan fingerprint density at radius 2 is 2.06 bits per heavy atom. The number of benzene rings is 2. The third kappa shape index (κ3) is 3.97. The van der Waals surface area contributed by atoms with Gasteiger partial charge in [0.05, 0.1) is 22.6 Å². The molecule has 1 aliphatic heterocycles. The Kier molecular flexibility index (Phi) is 5.98. The lowest BCUT2D eigenvalue weighted by Crippen LogP contribution is -2.34. The minimum Gasteiger partial charge on any atom is -0.384 e. The number of carbonyl (C=O) groups is 1. The van der Waals surface area contributed by atoms with Gasteiger partial charge in [0.15, 0.2) is 5.82 Å². The summed E-state index contributed by atoms with van der Waals surface area (Å²) in [7, 11) is 0. The normalized spacial score (nSPS) is 12.8. The number of aliphatic hydroxyl groups excluding tert-OH is 1. The fourth-order valence-electron chi connectivity index (χ4n) is 4.20. The molecule has 5 N–H and O–H groups in total. The average Bonchev–Trinajstić information content (AvgIpc) is 3.23. The third-order valence-corrected chi connectivity index (χ3v) is 5.77. The van der Waals surface area contributed by atoms with Crippen molar-refractivity contribution >= 4 is 34.6 Å². The molecule has 1 unspecified atom stereocenters. The lowest BCUT2D eigenvalue weighted by atomic mass is 10.1. The lowest BCUT2D eigenvalue weighted by Gasteiger charge is -2.20. The standard InChI is InChI=1S/C26H23N7O3/c1-16(29-25(35)21-22(27)31-32-14-7-13-28-24(21)32)23-30-19-12-5-8-17(9-6-15-34)20(19)26(36)33(23)18-10-3-2-4-11-18/h2-5,7-8,10-12,14,16,28,34H,13,15H2,1H3,(H2,27,31)(H,29,35). The Bertz CT molecular complexity index is 1620. The van der Waals surface area contributed by atoms with Gasteiger partial charge in [-0.2, -0.15) is 0 Å². The molecule has 1 aliphatic rings. The van der Waals surface area contributed by atoms with Crippen LogP contribution in [-0.2, 0) is 0 Å². The average molecular weight is 482 g/mol. The molecular weight excluding hydrogens is 458 g/mol.